The minimum atomic E-state index is -0.280. The number of piperidine rings is 1. The van der Waals surface area contributed by atoms with Crippen molar-refractivity contribution in [3.8, 4) is 11.5 Å². The number of aliphatic hydroxyl groups is 1. The van der Waals surface area contributed by atoms with Gasteiger partial charge in [0.2, 0.25) is 12.7 Å². The molecule has 2 aromatic carbocycles. The minimum Gasteiger partial charge on any atom is -0.454 e. The van der Waals surface area contributed by atoms with Crippen LogP contribution in [-0.2, 0) is 4.79 Å². The molecule has 1 unspecified atom stereocenters. The normalized spacial score (nSPS) is 18.0. The number of likely N-dealkylation sites (tertiary alicyclic amines) is 1. The smallest absolute Gasteiger partial charge is 0.231 e. The zero-order valence-electron chi connectivity index (χ0n) is 14.6. The summed E-state index contributed by atoms with van der Waals surface area (Å²) in [6.45, 7) is 1.50. The quantitative estimate of drug-likeness (QED) is 0.918. The Morgan fingerprint density at radius 3 is 2.54 bits per heavy atom. The lowest BCUT2D eigenvalue weighted by atomic mass is 9.87. The van der Waals surface area contributed by atoms with Crippen LogP contribution in [0.5, 0.6) is 11.5 Å². The van der Waals surface area contributed by atoms with Crippen LogP contribution in [0.15, 0.2) is 48.5 Å². The van der Waals surface area contributed by atoms with E-state index in [2.05, 4.69) is 12.1 Å². The molecule has 2 aromatic rings. The second kappa shape index (κ2) is 7.38. The molecule has 0 aromatic heterocycles. The lowest BCUT2D eigenvalue weighted by molar-refractivity contribution is -0.133. The van der Waals surface area contributed by atoms with Crippen LogP contribution in [0.25, 0.3) is 0 Å². The number of hydrogen-bond donors (Lipinski definition) is 1. The van der Waals surface area contributed by atoms with Gasteiger partial charge >= 0.3 is 0 Å². The first-order valence-corrected chi connectivity index (χ1v) is 9.11. The number of carbonyl (C=O) groups excluding carboxylic acids is 1. The Balaban J connectivity index is 1.58. The molecule has 2 aliphatic heterocycles. The van der Waals surface area contributed by atoms with Crippen molar-refractivity contribution in [3.05, 3.63) is 59.7 Å². The summed E-state index contributed by atoms with van der Waals surface area (Å²) < 4.78 is 10.9. The van der Waals surface area contributed by atoms with Crippen LogP contribution in [-0.4, -0.2) is 41.9 Å². The van der Waals surface area contributed by atoms with Gasteiger partial charge in [-0.2, -0.15) is 0 Å². The molecule has 4 rings (SSSR count). The fraction of sp³-hybridized carbons (Fsp3) is 0.381. The van der Waals surface area contributed by atoms with Crippen molar-refractivity contribution in [2.45, 2.75) is 31.3 Å². The van der Waals surface area contributed by atoms with E-state index in [9.17, 15) is 9.90 Å². The van der Waals surface area contributed by atoms with Crippen LogP contribution in [0.3, 0.4) is 0 Å². The summed E-state index contributed by atoms with van der Waals surface area (Å²) in [5, 5.41) is 9.67. The van der Waals surface area contributed by atoms with Gasteiger partial charge < -0.3 is 19.5 Å². The molecule has 0 spiro atoms. The molecule has 2 heterocycles. The van der Waals surface area contributed by atoms with Gasteiger partial charge in [0.25, 0.3) is 0 Å². The average molecular weight is 353 g/mol. The molecule has 1 N–H and O–H groups in total. The molecule has 1 saturated heterocycles. The molecule has 2 aliphatic rings. The van der Waals surface area contributed by atoms with Crippen LogP contribution in [0.2, 0.25) is 0 Å². The van der Waals surface area contributed by atoms with Gasteiger partial charge in [-0.1, -0.05) is 36.4 Å². The summed E-state index contributed by atoms with van der Waals surface area (Å²) in [5.41, 5.74) is 2.16. The Morgan fingerprint density at radius 2 is 1.77 bits per heavy atom. The molecule has 136 valence electrons. The first kappa shape index (κ1) is 16.9. The van der Waals surface area contributed by atoms with E-state index >= 15 is 0 Å². The summed E-state index contributed by atoms with van der Waals surface area (Å²) in [6, 6.07) is 16.0. The Bertz CT molecular complexity index is 769. The summed E-state index contributed by atoms with van der Waals surface area (Å²) in [5.74, 6) is 1.57. The maximum atomic E-state index is 12.9. The molecular formula is C21H23NO4. The van der Waals surface area contributed by atoms with Crippen molar-refractivity contribution in [2.75, 3.05) is 19.9 Å². The number of fused-ring (bicyclic) bond motifs is 1. The first-order valence-electron chi connectivity index (χ1n) is 9.11. The first-order chi connectivity index (χ1) is 12.7. The summed E-state index contributed by atoms with van der Waals surface area (Å²) in [4.78, 5) is 14.8. The Kier molecular flexibility index (Phi) is 4.80. The third kappa shape index (κ3) is 3.53. The van der Waals surface area contributed by atoms with Gasteiger partial charge in [0.05, 0.1) is 6.10 Å². The third-order valence-corrected chi connectivity index (χ3v) is 5.20. The Labute approximate surface area is 153 Å². The van der Waals surface area contributed by atoms with Crippen LogP contribution < -0.4 is 9.47 Å². The maximum Gasteiger partial charge on any atom is 0.231 e. The van der Waals surface area contributed by atoms with E-state index in [0.29, 0.717) is 32.4 Å². The van der Waals surface area contributed by atoms with Gasteiger partial charge in [0.1, 0.15) is 0 Å². The molecule has 0 radical (unpaired) electrons. The van der Waals surface area contributed by atoms with Crippen LogP contribution in [0.4, 0.5) is 0 Å². The van der Waals surface area contributed by atoms with Crippen molar-refractivity contribution in [1.82, 2.24) is 4.90 Å². The monoisotopic (exact) mass is 353 g/mol. The van der Waals surface area contributed by atoms with Crippen LogP contribution >= 0.6 is 0 Å². The second-order valence-corrected chi connectivity index (χ2v) is 6.89. The third-order valence-electron chi connectivity index (χ3n) is 5.20. The number of amides is 1. The molecule has 26 heavy (non-hydrogen) atoms. The summed E-state index contributed by atoms with van der Waals surface area (Å²) in [7, 11) is 0. The number of carbonyl (C=O) groups is 1. The summed E-state index contributed by atoms with van der Waals surface area (Å²) >= 11 is 0. The van der Waals surface area contributed by atoms with E-state index in [1.54, 1.807) is 0 Å². The SMILES string of the molecule is O=C(CC(c1ccccc1)c1ccc2c(c1)OCO2)N1CCC(O)CC1. The minimum absolute atomic E-state index is 0.0370. The molecular weight excluding hydrogens is 330 g/mol. The van der Waals surface area contributed by atoms with Gasteiger partial charge in [-0.25, -0.2) is 0 Å². The highest BCUT2D eigenvalue weighted by Gasteiger charge is 2.26. The number of nitrogens with zero attached hydrogens (tertiary/aromatic N) is 1. The molecule has 0 bridgehead atoms. The number of rotatable bonds is 4. The van der Waals surface area contributed by atoms with Gasteiger partial charge in [0.15, 0.2) is 11.5 Å². The zero-order valence-corrected chi connectivity index (χ0v) is 14.6. The molecule has 5 nitrogen and oxygen atoms in total. The van der Waals surface area contributed by atoms with E-state index in [1.165, 1.54) is 0 Å². The molecule has 1 atom stereocenters. The van der Waals surface area contributed by atoms with Crippen molar-refractivity contribution in [1.29, 1.82) is 0 Å². The lowest BCUT2D eigenvalue weighted by Gasteiger charge is -2.31. The van der Waals surface area contributed by atoms with Crippen LogP contribution in [0, 0.1) is 0 Å². The van der Waals surface area contributed by atoms with Gasteiger partial charge in [-0.05, 0) is 36.1 Å². The zero-order chi connectivity index (χ0) is 17.9. The van der Waals surface area contributed by atoms with Crippen LogP contribution in [0.1, 0.15) is 36.3 Å². The molecule has 1 fully saturated rings. The van der Waals surface area contributed by atoms with Crippen molar-refractivity contribution in [3.63, 3.8) is 0 Å². The van der Waals surface area contributed by atoms with E-state index in [0.717, 1.165) is 22.6 Å². The van der Waals surface area contributed by atoms with E-state index in [-0.39, 0.29) is 24.7 Å². The van der Waals surface area contributed by atoms with E-state index < -0.39 is 0 Å². The molecule has 0 aliphatic carbocycles. The number of aliphatic hydroxyl groups excluding tert-OH is 1. The van der Waals surface area contributed by atoms with Gasteiger partial charge in [-0.15, -0.1) is 0 Å². The number of benzene rings is 2. The largest absolute Gasteiger partial charge is 0.454 e. The predicted molar refractivity (Wildman–Crippen MR) is 97.3 cm³/mol. The molecule has 5 heteroatoms. The number of ether oxygens (including phenoxy) is 2. The van der Waals surface area contributed by atoms with Gasteiger partial charge in [-0.3, -0.25) is 4.79 Å². The van der Waals surface area contributed by atoms with Crippen molar-refractivity contribution < 1.29 is 19.4 Å². The Hall–Kier alpha value is -2.53. The Morgan fingerprint density at radius 1 is 1.04 bits per heavy atom. The average Bonchev–Trinajstić information content (AvgIpc) is 3.15. The lowest BCUT2D eigenvalue weighted by Crippen LogP contribution is -2.40. The fourth-order valence-corrected chi connectivity index (χ4v) is 3.66. The molecule has 1 amide bonds. The summed E-state index contributed by atoms with van der Waals surface area (Å²) in [6.07, 6.45) is 1.44. The highest BCUT2D eigenvalue weighted by atomic mass is 16.7. The highest BCUT2D eigenvalue weighted by Crippen LogP contribution is 2.37. The van der Waals surface area contributed by atoms with Crippen molar-refractivity contribution in [2.24, 2.45) is 0 Å². The fourth-order valence-electron chi connectivity index (χ4n) is 3.66. The topological polar surface area (TPSA) is 59.0 Å². The predicted octanol–water partition coefficient (Wildman–Crippen LogP) is 2.92. The number of hydrogen-bond acceptors (Lipinski definition) is 4. The standard InChI is InChI=1S/C21H23NO4/c23-17-8-10-22(11-9-17)21(24)13-18(15-4-2-1-3-5-15)16-6-7-19-20(12-16)26-14-25-19/h1-7,12,17-18,23H,8-11,13-14H2. The van der Waals surface area contributed by atoms with Crippen molar-refractivity contribution >= 4 is 5.91 Å². The highest BCUT2D eigenvalue weighted by molar-refractivity contribution is 5.78. The second-order valence-electron chi connectivity index (χ2n) is 6.89. The van der Waals surface area contributed by atoms with E-state index in [4.69, 9.17) is 9.47 Å². The maximum absolute atomic E-state index is 12.9. The van der Waals surface area contributed by atoms with E-state index in [1.807, 2.05) is 41.3 Å². The molecule has 0 saturated carbocycles. The van der Waals surface area contributed by atoms with Gasteiger partial charge in [0, 0.05) is 25.4 Å².